The minimum Gasteiger partial charge on any atom is -0.449 e. The van der Waals surface area contributed by atoms with Crippen LogP contribution in [-0.2, 0) is 16.6 Å². The number of aryl methyl sites for hydroxylation is 1. The standard InChI is InChI=1S/C6H10N2O3S/c1-5-8-6(4-11-5)3-7-12(2,9)10/h4,7H,3H2,1-2H3. The highest BCUT2D eigenvalue weighted by Crippen LogP contribution is 1.99. The Morgan fingerprint density at radius 3 is 2.75 bits per heavy atom. The van der Waals surface area contributed by atoms with Crippen LogP contribution < -0.4 is 4.72 Å². The molecule has 0 radical (unpaired) electrons. The fourth-order valence-corrected chi connectivity index (χ4v) is 1.10. The molecule has 0 saturated carbocycles. The van der Waals surface area contributed by atoms with Crippen LogP contribution >= 0.6 is 0 Å². The van der Waals surface area contributed by atoms with Crippen molar-refractivity contribution in [2.45, 2.75) is 13.5 Å². The van der Waals surface area contributed by atoms with Gasteiger partial charge in [-0.15, -0.1) is 0 Å². The molecule has 1 N–H and O–H groups in total. The number of nitrogens with one attached hydrogen (secondary N) is 1. The Labute approximate surface area is 70.9 Å². The molecule has 0 atom stereocenters. The summed E-state index contributed by atoms with van der Waals surface area (Å²) < 4.78 is 28.5. The first-order valence-electron chi connectivity index (χ1n) is 3.33. The third-order valence-electron chi connectivity index (χ3n) is 1.18. The van der Waals surface area contributed by atoms with Crippen LogP contribution in [0.4, 0.5) is 0 Å². The topological polar surface area (TPSA) is 72.2 Å². The Hall–Kier alpha value is -0.880. The van der Waals surface area contributed by atoms with Crippen LogP contribution in [-0.4, -0.2) is 19.7 Å². The molecule has 12 heavy (non-hydrogen) atoms. The summed E-state index contributed by atoms with van der Waals surface area (Å²) in [5.74, 6) is 0.528. The molecule has 68 valence electrons. The fraction of sp³-hybridized carbons (Fsp3) is 0.500. The normalized spacial score (nSPS) is 11.8. The number of nitrogens with zero attached hydrogens (tertiary/aromatic N) is 1. The third kappa shape index (κ3) is 3.02. The smallest absolute Gasteiger partial charge is 0.209 e. The van der Waals surface area contributed by atoms with E-state index in [9.17, 15) is 8.42 Å². The summed E-state index contributed by atoms with van der Waals surface area (Å²) in [5.41, 5.74) is 0.581. The summed E-state index contributed by atoms with van der Waals surface area (Å²) >= 11 is 0. The zero-order valence-electron chi connectivity index (χ0n) is 6.86. The number of hydrogen-bond acceptors (Lipinski definition) is 4. The van der Waals surface area contributed by atoms with E-state index in [1.165, 1.54) is 6.26 Å². The average Bonchev–Trinajstić information content (AvgIpc) is 2.30. The van der Waals surface area contributed by atoms with Gasteiger partial charge in [0.2, 0.25) is 10.0 Å². The zero-order chi connectivity index (χ0) is 9.19. The van der Waals surface area contributed by atoms with Gasteiger partial charge < -0.3 is 4.42 Å². The molecule has 0 saturated heterocycles. The Kier molecular flexibility index (Phi) is 2.49. The van der Waals surface area contributed by atoms with Gasteiger partial charge in [0, 0.05) is 6.92 Å². The van der Waals surface area contributed by atoms with Crippen LogP contribution in [0.25, 0.3) is 0 Å². The highest BCUT2D eigenvalue weighted by molar-refractivity contribution is 7.88. The average molecular weight is 190 g/mol. The second kappa shape index (κ2) is 3.24. The summed E-state index contributed by atoms with van der Waals surface area (Å²) in [5, 5.41) is 0. The highest BCUT2D eigenvalue weighted by Gasteiger charge is 2.03. The second-order valence-electron chi connectivity index (χ2n) is 2.45. The van der Waals surface area contributed by atoms with Gasteiger partial charge in [0.25, 0.3) is 0 Å². The van der Waals surface area contributed by atoms with Gasteiger partial charge in [-0.25, -0.2) is 18.1 Å². The van der Waals surface area contributed by atoms with E-state index >= 15 is 0 Å². The van der Waals surface area contributed by atoms with Crippen molar-refractivity contribution in [3.63, 3.8) is 0 Å². The maximum atomic E-state index is 10.6. The highest BCUT2D eigenvalue weighted by atomic mass is 32.2. The van der Waals surface area contributed by atoms with E-state index in [0.29, 0.717) is 11.6 Å². The molecule has 0 bridgehead atoms. The molecule has 5 nitrogen and oxygen atoms in total. The molecule has 1 aromatic heterocycles. The van der Waals surface area contributed by atoms with E-state index in [2.05, 4.69) is 9.71 Å². The van der Waals surface area contributed by atoms with Crippen LogP contribution in [0, 0.1) is 6.92 Å². The van der Waals surface area contributed by atoms with Crippen molar-refractivity contribution in [3.8, 4) is 0 Å². The SMILES string of the molecule is Cc1nc(CNS(C)(=O)=O)co1. The predicted octanol–water partition coefficient (Wildman–Crippen LogP) is 0.0322. The second-order valence-corrected chi connectivity index (χ2v) is 4.28. The van der Waals surface area contributed by atoms with E-state index in [4.69, 9.17) is 4.42 Å². The van der Waals surface area contributed by atoms with Gasteiger partial charge in [-0.3, -0.25) is 0 Å². The lowest BCUT2D eigenvalue weighted by atomic mass is 10.5. The van der Waals surface area contributed by atoms with Crippen LogP contribution in [0.2, 0.25) is 0 Å². The van der Waals surface area contributed by atoms with Gasteiger partial charge in [0.15, 0.2) is 5.89 Å². The first kappa shape index (κ1) is 9.21. The number of rotatable bonds is 3. The molecule has 0 spiro atoms. The van der Waals surface area contributed by atoms with Crippen molar-refractivity contribution in [2.24, 2.45) is 0 Å². The summed E-state index contributed by atoms with van der Waals surface area (Å²) in [7, 11) is -3.14. The van der Waals surface area contributed by atoms with Crippen molar-refractivity contribution in [3.05, 3.63) is 17.8 Å². The zero-order valence-corrected chi connectivity index (χ0v) is 7.68. The Balaban J connectivity index is 2.55. The van der Waals surface area contributed by atoms with E-state index in [1.807, 2.05) is 0 Å². The molecule has 6 heteroatoms. The molecule has 1 heterocycles. The molecule has 1 aromatic rings. The quantitative estimate of drug-likeness (QED) is 0.730. The lowest BCUT2D eigenvalue weighted by Crippen LogP contribution is -2.21. The Morgan fingerprint density at radius 1 is 1.67 bits per heavy atom. The molecular formula is C6H10N2O3S. The molecule has 0 aliphatic heterocycles. The van der Waals surface area contributed by atoms with E-state index < -0.39 is 10.0 Å². The van der Waals surface area contributed by atoms with E-state index in [-0.39, 0.29) is 6.54 Å². The number of oxazole rings is 1. The van der Waals surface area contributed by atoms with Crippen molar-refractivity contribution in [1.29, 1.82) is 0 Å². The Bertz CT molecular complexity index is 355. The summed E-state index contributed by atoms with van der Waals surface area (Å²) in [4.78, 5) is 3.92. The van der Waals surface area contributed by atoms with Crippen molar-refractivity contribution in [1.82, 2.24) is 9.71 Å². The lowest BCUT2D eigenvalue weighted by Gasteiger charge is -1.96. The summed E-state index contributed by atoms with van der Waals surface area (Å²) in [6, 6.07) is 0. The van der Waals surface area contributed by atoms with Crippen molar-refractivity contribution >= 4 is 10.0 Å². The van der Waals surface area contributed by atoms with Gasteiger partial charge in [0.05, 0.1) is 18.5 Å². The van der Waals surface area contributed by atoms with Crippen LogP contribution in [0.5, 0.6) is 0 Å². The molecule has 1 rings (SSSR count). The maximum absolute atomic E-state index is 10.6. The maximum Gasteiger partial charge on any atom is 0.209 e. The fourth-order valence-electron chi connectivity index (χ4n) is 0.694. The minimum atomic E-state index is -3.14. The molecule has 0 fully saturated rings. The monoisotopic (exact) mass is 190 g/mol. The minimum absolute atomic E-state index is 0.177. The van der Waals surface area contributed by atoms with Gasteiger partial charge >= 0.3 is 0 Å². The molecule has 0 amide bonds. The summed E-state index contributed by atoms with van der Waals surface area (Å²) in [6.07, 6.45) is 2.52. The predicted molar refractivity (Wildman–Crippen MR) is 42.9 cm³/mol. The van der Waals surface area contributed by atoms with Gasteiger partial charge in [0.1, 0.15) is 6.26 Å². The number of hydrogen-bond donors (Lipinski definition) is 1. The third-order valence-corrected chi connectivity index (χ3v) is 1.85. The molecule has 0 aliphatic rings. The molecule has 0 aromatic carbocycles. The Morgan fingerprint density at radius 2 is 2.33 bits per heavy atom. The van der Waals surface area contributed by atoms with E-state index in [1.54, 1.807) is 6.92 Å². The van der Waals surface area contributed by atoms with Crippen LogP contribution in [0.15, 0.2) is 10.7 Å². The van der Waals surface area contributed by atoms with Crippen LogP contribution in [0.3, 0.4) is 0 Å². The first-order valence-corrected chi connectivity index (χ1v) is 5.22. The first-order chi connectivity index (χ1) is 5.47. The van der Waals surface area contributed by atoms with Gasteiger partial charge in [-0.05, 0) is 0 Å². The lowest BCUT2D eigenvalue weighted by molar-refractivity contribution is 0.520. The molecule has 0 aliphatic carbocycles. The molecular weight excluding hydrogens is 180 g/mol. The van der Waals surface area contributed by atoms with E-state index in [0.717, 1.165) is 6.26 Å². The van der Waals surface area contributed by atoms with Crippen molar-refractivity contribution in [2.75, 3.05) is 6.26 Å². The number of aromatic nitrogens is 1. The van der Waals surface area contributed by atoms with Gasteiger partial charge in [-0.2, -0.15) is 0 Å². The largest absolute Gasteiger partial charge is 0.449 e. The number of sulfonamides is 1. The van der Waals surface area contributed by atoms with Crippen molar-refractivity contribution < 1.29 is 12.8 Å². The van der Waals surface area contributed by atoms with Crippen LogP contribution in [0.1, 0.15) is 11.6 Å². The molecule has 0 unspecified atom stereocenters. The van der Waals surface area contributed by atoms with Gasteiger partial charge in [-0.1, -0.05) is 0 Å². The summed E-state index contributed by atoms with van der Waals surface area (Å²) in [6.45, 7) is 1.88.